The third-order valence-electron chi connectivity index (χ3n) is 3.26. The highest BCUT2D eigenvalue weighted by atomic mass is 19.4. The number of halogens is 3. The van der Waals surface area contributed by atoms with Crippen molar-refractivity contribution in [1.82, 2.24) is 4.90 Å². The van der Waals surface area contributed by atoms with E-state index in [9.17, 15) is 23.1 Å². The molecule has 136 valence electrons. The van der Waals surface area contributed by atoms with Gasteiger partial charge in [-0.25, -0.2) is 4.79 Å². The Morgan fingerprint density at radius 3 is 2.46 bits per heavy atom. The zero-order valence-electron chi connectivity index (χ0n) is 14.1. The lowest BCUT2D eigenvalue weighted by molar-refractivity contribution is -0.153. The number of carbonyl (C=O) groups excluding carboxylic acids is 1. The van der Waals surface area contributed by atoms with Crippen molar-refractivity contribution in [3.05, 3.63) is 23.8 Å². The SMILES string of the molecule is Cc1c(NC(=O)N(CC(C)O)C(C)C)cccc1OCC(F)(F)F. The van der Waals surface area contributed by atoms with Crippen LogP contribution in [0.25, 0.3) is 0 Å². The van der Waals surface area contributed by atoms with E-state index in [1.807, 2.05) is 0 Å². The summed E-state index contributed by atoms with van der Waals surface area (Å²) >= 11 is 0. The molecule has 1 aromatic rings. The molecule has 1 aromatic carbocycles. The van der Waals surface area contributed by atoms with E-state index < -0.39 is 24.9 Å². The molecule has 0 aromatic heterocycles. The predicted molar refractivity (Wildman–Crippen MR) is 85.3 cm³/mol. The Morgan fingerprint density at radius 2 is 1.96 bits per heavy atom. The molecule has 0 aliphatic rings. The quantitative estimate of drug-likeness (QED) is 0.826. The Morgan fingerprint density at radius 1 is 1.33 bits per heavy atom. The number of aliphatic hydroxyl groups is 1. The van der Waals surface area contributed by atoms with Crippen LogP contribution >= 0.6 is 0 Å². The summed E-state index contributed by atoms with van der Waals surface area (Å²) in [6, 6.07) is 3.90. The summed E-state index contributed by atoms with van der Waals surface area (Å²) < 4.78 is 41.6. The van der Waals surface area contributed by atoms with Crippen molar-refractivity contribution in [2.45, 2.75) is 46.0 Å². The van der Waals surface area contributed by atoms with Crippen LogP contribution < -0.4 is 10.1 Å². The Labute approximate surface area is 139 Å². The zero-order valence-corrected chi connectivity index (χ0v) is 14.1. The molecule has 0 aliphatic heterocycles. The number of alkyl halides is 3. The molecular weight excluding hydrogens is 325 g/mol. The van der Waals surface area contributed by atoms with Crippen molar-refractivity contribution >= 4 is 11.7 Å². The summed E-state index contributed by atoms with van der Waals surface area (Å²) in [6.45, 7) is 5.49. The topological polar surface area (TPSA) is 61.8 Å². The number of hydrogen-bond donors (Lipinski definition) is 2. The van der Waals surface area contributed by atoms with Gasteiger partial charge in [0.05, 0.1) is 6.10 Å². The smallest absolute Gasteiger partial charge is 0.422 e. The number of amides is 2. The number of anilines is 1. The van der Waals surface area contributed by atoms with Gasteiger partial charge in [-0.2, -0.15) is 13.2 Å². The van der Waals surface area contributed by atoms with E-state index in [4.69, 9.17) is 4.74 Å². The molecule has 1 rings (SSSR count). The van der Waals surface area contributed by atoms with Gasteiger partial charge in [-0.15, -0.1) is 0 Å². The predicted octanol–water partition coefficient (Wildman–Crippen LogP) is 3.56. The number of urea groups is 1. The first-order valence-electron chi connectivity index (χ1n) is 7.56. The van der Waals surface area contributed by atoms with Crippen LogP contribution in [0.4, 0.5) is 23.7 Å². The minimum Gasteiger partial charge on any atom is -0.484 e. The number of hydrogen-bond acceptors (Lipinski definition) is 3. The van der Waals surface area contributed by atoms with E-state index in [2.05, 4.69) is 5.32 Å². The normalized spacial score (nSPS) is 12.9. The van der Waals surface area contributed by atoms with Crippen molar-refractivity contribution in [2.24, 2.45) is 0 Å². The molecule has 8 heteroatoms. The van der Waals surface area contributed by atoms with Crippen LogP contribution in [-0.2, 0) is 0 Å². The highest BCUT2D eigenvalue weighted by molar-refractivity contribution is 5.90. The van der Waals surface area contributed by atoms with Crippen molar-refractivity contribution < 1.29 is 27.8 Å². The summed E-state index contributed by atoms with van der Waals surface area (Å²) in [5.41, 5.74) is 0.756. The van der Waals surface area contributed by atoms with Crippen LogP contribution in [-0.4, -0.2) is 47.5 Å². The maximum Gasteiger partial charge on any atom is 0.422 e. The van der Waals surface area contributed by atoms with Gasteiger partial charge in [-0.1, -0.05) is 6.07 Å². The van der Waals surface area contributed by atoms with Crippen molar-refractivity contribution in [3.8, 4) is 5.75 Å². The molecule has 5 nitrogen and oxygen atoms in total. The van der Waals surface area contributed by atoms with Crippen LogP contribution in [0, 0.1) is 6.92 Å². The van der Waals surface area contributed by atoms with Crippen LogP contribution in [0.15, 0.2) is 18.2 Å². The molecule has 2 N–H and O–H groups in total. The Bertz CT molecular complexity index is 560. The highest BCUT2D eigenvalue weighted by Gasteiger charge is 2.29. The second-order valence-electron chi connectivity index (χ2n) is 5.86. The molecule has 2 amide bonds. The minimum absolute atomic E-state index is 0.0525. The monoisotopic (exact) mass is 348 g/mol. The average molecular weight is 348 g/mol. The van der Waals surface area contributed by atoms with Crippen LogP contribution in [0.5, 0.6) is 5.75 Å². The Balaban J connectivity index is 2.88. The van der Waals surface area contributed by atoms with E-state index in [0.29, 0.717) is 11.3 Å². The molecule has 0 spiro atoms. The standard InChI is InChI=1S/C16H23F3N2O3/c1-10(2)21(8-11(3)22)15(23)20-13-6-5-7-14(12(13)4)24-9-16(17,18)19/h5-7,10-11,22H,8-9H2,1-4H3,(H,20,23). The van der Waals surface area contributed by atoms with Gasteiger partial charge in [0.1, 0.15) is 5.75 Å². The summed E-state index contributed by atoms with van der Waals surface area (Å²) in [5.74, 6) is 0.0525. The first-order valence-corrected chi connectivity index (χ1v) is 7.56. The summed E-state index contributed by atoms with van der Waals surface area (Å²) in [4.78, 5) is 13.8. The van der Waals surface area contributed by atoms with Gasteiger partial charge in [-0.05, 0) is 39.8 Å². The molecule has 0 heterocycles. The Hall–Kier alpha value is -1.96. The number of benzene rings is 1. The fourth-order valence-corrected chi connectivity index (χ4v) is 2.07. The van der Waals surface area contributed by atoms with Gasteiger partial charge < -0.3 is 20.1 Å². The third kappa shape index (κ3) is 6.27. The minimum atomic E-state index is -4.43. The number of carbonyl (C=O) groups is 1. The van der Waals surface area contributed by atoms with Crippen LogP contribution in [0.3, 0.4) is 0 Å². The number of ether oxygens (including phenoxy) is 1. The van der Waals surface area contributed by atoms with Crippen molar-refractivity contribution in [1.29, 1.82) is 0 Å². The van der Waals surface area contributed by atoms with Crippen molar-refractivity contribution in [2.75, 3.05) is 18.5 Å². The molecule has 0 fully saturated rings. The molecule has 0 radical (unpaired) electrons. The molecule has 0 aliphatic carbocycles. The lowest BCUT2D eigenvalue weighted by atomic mass is 10.2. The number of aliphatic hydroxyl groups excluding tert-OH is 1. The third-order valence-corrected chi connectivity index (χ3v) is 3.26. The second-order valence-corrected chi connectivity index (χ2v) is 5.86. The van der Waals surface area contributed by atoms with Gasteiger partial charge in [0.2, 0.25) is 0 Å². The zero-order chi connectivity index (χ0) is 18.5. The summed E-state index contributed by atoms with van der Waals surface area (Å²) in [6.07, 6.45) is -5.13. The van der Waals surface area contributed by atoms with E-state index in [0.717, 1.165) is 0 Å². The van der Waals surface area contributed by atoms with E-state index >= 15 is 0 Å². The average Bonchev–Trinajstić information content (AvgIpc) is 2.44. The first-order chi connectivity index (χ1) is 11.0. The van der Waals surface area contributed by atoms with Crippen LogP contribution in [0.1, 0.15) is 26.3 Å². The molecule has 0 saturated heterocycles. The number of nitrogens with one attached hydrogen (secondary N) is 1. The van der Waals surface area contributed by atoms with Gasteiger partial charge >= 0.3 is 12.2 Å². The van der Waals surface area contributed by atoms with E-state index in [1.54, 1.807) is 33.8 Å². The second kappa shape index (κ2) is 8.23. The highest BCUT2D eigenvalue weighted by Crippen LogP contribution is 2.27. The molecular formula is C16H23F3N2O3. The number of nitrogens with zero attached hydrogens (tertiary/aromatic N) is 1. The molecule has 0 bridgehead atoms. The first kappa shape index (κ1) is 20.1. The number of rotatable bonds is 6. The van der Waals surface area contributed by atoms with Crippen LogP contribution in [0.2, 0.25) is 0 Å². The summed E-state index contributed by atoms with van der Waals surface area (Å²) in [7, 11) is 0. The largest absolute Gasteiger partial charge is 0.484 e. The van der Waals surface area contributed by atoms with Gasteiger partial charge in [0.25, 0.3) is 0 Å². The summed E-state index contributed by atoms with van der Waals surface area (Å²) in [5, 5.41) is 12.1. The maximum absolute atomic E-state index is 12.4. The fraction of sp³-hybridized carbons (Fsp3) is 0.562. The maximum atomic E-state index is 12.4. The van der Waals surface area contributed by atoms with E-state index in [-0.39, 0.29) is 18.3 Å². The molecule has 1 atom stereocenters. The fourth-order valence-electron chi connectivity index (χ4n) is 2.07. The molecule has 1 unspecified atom stereocenters. The molecule has 0 saturated carbocycles. The van der Waals surface area contributed by atoms with Crippen molar-refractivity contribution in [3.63, 3.8) is 0 Å². The lowest BCUT2D eigenvalue weighted by Crippen LogP contribution is -2.43. The van der Waals surface area contributed by atoms with Gasteiger partial charge in [-0.3, -0.25) is 0 Å². The Kier molecular flexibility index (Phi) is 6.89. The lowest BCUT2D eigenvalue weighted by Gasteiger charge is -2.28. The van der Waals surface area contributed by atoms with Gasteiger partial charge in [0.15, 0.2) is 6.61 Å². The molecule has 24 heavy (non-hydrogen) atoms. The van der Waals surface area contributed by atoms with E-state index in [1.165, 1.54) is 17.0 Å². The van der Waals surface area contributed by atoms with Gasteiger partial charge in [0, 0.05) is 23.8 Å².